The second-order valence-corrected chi connectivity index (χ2v) is 8.26. The van der Waals surface area contributed by atoms with Crippen LogP contribution in [0.5, 0.6) is 0 Å². The van der Waals surface area contributed by atoms with Crippen molar-refractivity contribution in [2.75, 3.05) is 6.26 Å². The van der Waals surface area contributed by atoms with E-state index in [9.17, 15) is 9.59 Å². The first kappa shape index (κ1) is 22.0. The summed E-state index contributed by atoms with van der Waals surface area (Å²) in [5, 5.41) is 2.85. The highest BCUT2D eigenvalue weighted by Gasteiger charge is 2.25. The number of imide groups is 1. The number of nitrogens with one attached hydrogen (secondary N) is 1. The number of para-hydroxylation sites is 1. The minimum Gasteiger partial charge on any atom is -0.288 e. The molecule has 1 aliphatic heterocycles. The van der Waals surface area contributed by atoms with Gasteiger partial charge in [-0.1, -0.05) is 54.9 Å². The van der Waals surface area contributed by atoms with E-state index in [-0.39, 0.29) is 11.8 Å². The van der Waals surface area contributed by atoms with Gasteiger partial charge in [0.2, 0.25) is 0 Å². The van der Waals surface area contributed by atoms with Crippen LogP contribution in [0.2, 0.25) is 5.02 Å². The third kappa shape index (κ3) is 4.24. The summed E-state index contributed by atoms with van der Waals surface area (Å²) in [6.45, 7) is 2.10. The molecule has 5 rings (SSSR count). The Hall–Kier alpha value is -3.22. The molecule has 0 saturated carbocycles. The van der Waals surface area contributed by atoms with Crippen LogP contribution in [0.1, 0.15) is 33.3 Å². The van der Waals surface area contributed by atoms with Crippen LogP contribution in [0.25, 0.3) is 22.3 Å². The molecule has 7 heteroatoms. The Morgan fingerprint density at radius 1 is 0.844 bits per heavy atom. The predicted molar refractivity (Wildman–Crippen MR) is 129 cm³/mol. The highest BCUT2D eigenvalue weighted by molar-refractivity contribution is 7.98. The maximum Gasteiger partial charge on any atom is 0.258 e. The van der Waals surface area contributed by atoms with Crippen LogP contribution >= 0.6 is 23.4 Å². The van der Waals surface area contributed by atoms with Crippen molar-refractivity contribution in [3.05, 3.63) is 88.6 Å². The smallest absolute Gasteiger partial charge is 0.258 e. The molecule has 32 heavy (non-hydrogen) atoms. The number of halogens is 1. The van der Waals surface area contributed by atoms with Gasteiger partial charge in [0.05, 0.1) is 33.1 Å². The lowest BCUT2D eigenvalue weighted by Crippen LogP contribution is -2.19. The van der Waals surface area contributed by atoms with Crippen molar-refractivity contribution in [1.29, 1.82) is 0 Å². The van der Waals surface area contributed by atoms with Gasteiger partial charge in [-0.2, -0.15) is 0 Å². The molecule has 2 heterocycles. The van der Waals surface area contributed by atoms with Crippen LogP contribution in [-0.2, 0) is 6.42 Å². The lowest BCUT2D eigenvalue weighted by Gasteiger charge is -2.12. The van der Waals surface area contributed by atoms with Gasteiger partial charge in [-0.15, -0.1) is 11.8 Å². The molecule has 160 valence electrons. The molecule has 1 aromatic heterocycles. The van der Waals surface area contributed by atoms with Gasteiger partial charge in [0.1, 0.15) is 5.52 Å². The third-order valence-electron chi connectivity index (χ3n) is 5.06. The van der Waals surface area contributed by atoms with Crippen LogP contribution in [0, 0.1) is 0 Å². The summed E-state index contributed by atoms with van der Waals surface area (Å²) in [4.78, 5) is 32.7. The van der Waals surface area contributed by atoms with E-state index in [1.165, 1.54) is 4.90 Å². The quantitative estimate of drug-likeness (QED) is 0.308. The number of benzene rings is 3. The molecule has 0 unspecified atom stereocenters. The minimum atomic E-state index is -0.300. The van der Waals surface area contributed by atoms with Crippen molar-refractivity contribution in [3.8, 4) is 11.3 Å². The molecule has 2 amide bonds. The Morgan fingerprint density at radius 3 is 2.09 bits per heavy atom. The van der Waals surface area contributed by atoms with Gasteiger partial charge in [0, 0.05) is 10.5 Å². The zero-order chi connectivity index (χ0) is 22.7. The maximum absolute atomic E-state index is 10.9. The molecule has 0 bridgehead atoms. The molecule has 0 radical (unpaired) electrons. The highest BCUT2D eigenvalue weighted by Crippen LogP contribution is 2.33. The summed E-state index contributed by atoms with van der Waals surface area (Å²) < 4.78 is 0. The molecule has 0 fully saturated rings. The van der Waals surface area contributed by atoms with Crippen LogP contribution in [0.15, 0.2) is 71.6 Å². The fourth-order valence-electron chi connectivity index (χ4n) is 3.50. The number of carbonyl (C=O) groups excluding carboxylic acids is 2. The van der Waals surface area contributed by atoms with Gasteiger partial charge in [-0.3, -0.25) is 14.9 Å². The van der Waals surface area contributed by atoms with E-state index in [1.807, 2.05) is 30.3 Å². The van der Waals surface area contributed by atoms with E-state index in [0.29, 0.717) is 16.1 Å². The van der Waals surface area contributed by atoms with Crippen LogP contribution < -0.4 is 5.32 Å². The molecule has 0 saturated heterocycles. The molecule has 5 nitrogen and oxygen atoms in total. The average Bonchev–Trinajstić information content (AvgIpc) is 3.12. The first-order chi connectivity index (χ1) is 15.5. The van der Waals surface area contributed by atoms with E-state index in [0.717, 1.165) is 34.4 Å². The van der Waals surface area contributed by atoms with E-state index in [1.54, 1.807) is 36.0 Å². The number of aryl methyl sites for hydroxylation is 1. The summed E-state index contributed by atoms with van der Waals surface area (Å²) in [7, 11) is 0. The van der Waals surface area contributed by atoms with Crippen LogP contribution in [0.3, 0.4) is 0 Å². The number of carbonyl (C=O) groups is 2. The minimum absolute atomic E-state index is 0.300. The summed E-state index contributed by atoms with van der Waals surface area (Å²) >= 11 is 8.00. The van der Waals surface area contributed by atoms with E-state index in [2.05, 4.69) is 30.6 Å². The zero-order valence-electron chi connectivity index (χ0n) is 17.6. The first-order valence-corrected chi connectivity index (χ1v) is 11.7. The van der Waals surface area contributed by atoms with Crippen molar-refractivity contribution in [3.63, 3.8) is 0 Å². The van der Waals surface area contributed by atoms with Gasteiger partial charge in [-0.25, -0.2) is 9.97 Å². The standard InChI is InChI=1S/C17H15ClN2S.C8H5NO2/c1-3-13-16(11-7-4-5-10-15(11)21-2)20-17-12(18)8-6-9-14(17)19-13;10-7-5-3-1-2-4-6(5)8(11)9-7/h4-10H,3H2,1-2H3;1-4H,(H,9,10,11). The number of amides is 2. The molecule has 1 N–H and O–H groups in total. The first-order valence-electron chi connectivity index (χ1n) is 10.1. The van der Waals surface area contributed by atoms with Gasteiger partial charge in [0.15, 0.2) is 0 Å². The monoisotopic (exact) mass is 461 g/mol. The fourth-order valence-corrected chi connectivity index (χ4v) is 4.31. The normalized spacial score (nSPS) is 12.2. The largest absolute Gasteiger partial charge is 0.288 e. The van der Waals surface area contributed by atoms with Gasteiger partial charge in [-0.05, 0) is 43.0 Å². The number of rotatable bonds is 3. The molecular formula is C25H20ClN3O2S. The van der Waals surface area contributed by atoms with E-state index < -0.39 is 0 Å². The fraction of sp³-hybridized carbons (Fsp3) is 0.120. The lowest BCUT2D eigenvalue weighted by atomic mass is 10.1. The Kier molecular flexibility index (Phi) is 6.53. The predicted octanol–water partition coefficient (Wildman–Crippen LogP) is 5.80. The summed E-state index contributed by atoms with van der Waals surface area (Å²) in [5.41, 5.74) is 5.62. The van der Waals surface area contributed by atoms with Crippen molar-refractivity contribution in [2.24, 2.45) is 0 Å². The summed E-state index contributed by atoms with van der Waals surface area (Å²) in [6.07, 6.45) is 2.92. The Bertz CT molecular complexity index is 1310. The molecule has 0 spiro atoms. The van der Waals surface area contributed by atoms with Crippen molar-refractivity contribution < 1.29 is 9.59 Å². The Morgan fingerprint density at radius 2 is 1.47 bits per heavy atom. The topological polar surface area (TPSA) is 72.0 Å². The van der Waals surface area contributed by atoms with Crippen molar-refractivity contribution in [1.82, 2.24) is 15.3 Å². The summed E-state index contributed by atoms with van der Waals surface area (Å²) in [6, 6.07) is 20.7. The Labute approximate surface area is 195 Å². The van der Waals surface area contributed by atoms with Gasteiger partial charge in [0.25, 0.3) is 11.8 Å². The van der Waals surface area contributed by atoms with Crippen LogP contribution in [-0.4, -0.2) is 28.0 Å². The van der Waals surface area contributed by atoms with E-state index >= 15 is 0 Å². The number of hydrogen-bond acceptors (Lipinski definition) is 5. The SMILES string of the molecule is CCc1nc2cccc(Cl)c2nc1-c1ccccc1SC.O=C1NC(=O)c2ccccc21. The molecule has 4 aromatic rings. The molecule has 0 atom stereocenters. The number of nitrogens with zero attached hydrogens (tertiary/aromatic N) is 2. The van der Waals surface area contributed by atoms with Crippen molar-refractivity contribution >= 4 is 46.2 Å². The number of fused-ring (bicyclic) bond motifs is 2. The highest BCUT2D eigenvalue weighted by atomic mass is 35.5. The summed E-state index contributed by atoms with van der Waals surface area (Å²) in [5.74, 6) is -0.601. The third-order valence-corrected chi connectivity index (χ3v) is 6.16. The second-order valence-electron chi connectivity index (χ2n) is 7.01. The number of hydrogen-bond donors (Lipinski definition) is 1. The van der Waals surface area contributed by atoms with Crippen molar-refractivity contribution in [2.45, 2.75) is 18.2 Å². The molecule has 3 aromatic carbocycles. The second kappa shape index (κ2) is 9.51. The number of thioether (sulfide) groups is 1. The average molecular weight is 462 g/mol. The molecule has 1 aliphatic rings. The molecular weight excluding hydrogens is 442 g/mol. The maximum atomic E-state index is 10.9. The zero-order valence-corrected chi connectivity index (χ0v) is 19.1. The molecule has 0 aliphatic carbocycles. The van der Waals surface area contributed by atoms with Crippen LogP contribution in [0.4, 0.5) is 0 Å². The number of aromatic nitrogens is 2. The van der Waals surface area contributed by atoms with Gasteiger partial charge >= 0.3 is 0 Å². The lowest BCUT2D eigenvalue weighted by molar-refractivity contribution is 0.0879. The van der Waals surface area contributed by atoms with Gasteiger partial charge < -0.3 is 0 Å². The Balaban J connectivity index is 0.000000186. The van der Waals surface area contributed by atoms with E-state index in [4.69, 9.17) is 21.6 Å².